The highest BCUT2D eigenvalue weighted by atomic mass is 16.8. The first-order valence-corrected chi connectivity index (χ1v) is 8.02. The van der Waals surface area contributed by atoms with Crippen LogP contribution in [0.25, 0.3) is 0 Å². The molecule has 0 heterocycles. The van der Waals surface area contributed by atoms with Gasteiger partial charge in [0.05, 0.1) is 5.92 Å². The third kappa shape index (κ3) is 6.45. The van der Waals surface area contributed by atoms with E-state index in [4.69, 9.17) is 14.2 Å². The van der Waals surface area contributed by atoms with Gasteiger partial charge in [-0.05, 0) is 24.3 Å². The summed E-state index contributed by atoms with van der Waals surface area (Å²) in [6, 6.07) is 6.07. The summed E-state index contributed by atoms with van der Waals surface area (Å²) < 4.78 is 15.3. The van der Waals surface area contributed by atoms with Crippen LogP contribution in [0.2, 0.25) is 0 Å². The minimum atomic E-state index is -1.03. The normalized spacial score (nSPS) is 11.8. The average Bonchev–Trinajstić information content (AvgIpc) is 2.53. The Morgan fingerprint density at radius 1 is 0.920 bits per heavy atom. The van der Waals surface area contributed by atoms with E-state index in [1.165, 1.54) is 17.0 Å². The Bertz CT molecular complexity index is 606. The highest BCUT2D eigenvalue weighted by molar-refractivity contribution is 5.94. The Hall–Kier alpha value is -2.57. The SMILES string of the molecule is CC(C)C(=O)OC(OC(=O)Oc1ccc(C(=O)N(C)C)cc1)C(C)C. The summed E-state index contributed by atoms with van der Waals surface area (Å²) in [6.45, 7) is 6.89. The zero-order chi connectivity index (χ0) is 19.1. The van der Waals surface area contributed by atoms with Gasteiger partial charge in [0.25, 0.3) is 12.2 Å². The first kappa shape index (κ1) is 20.5. The molecular formula is C18H25NO6. The fourth-order valence-corrected chi connectivity index (χ4v) is 1.69. The fraction of sp³-hybridized carbons (Fsp3) is 0.500. The lowest BCUT2D eigenvalue weighted by Gasteiger charge is -2.21. The van der Waals surface area contributed by atoms with Crippen LogP contribution in [0.5, 0.6) is 5.75 Å². The van der Waals surface area contributed by atoms with E-state index < -0.39 is 18.4 Å². The molecule has 0 aliphatic rings. The Morgan fingerprint density at radius 2 is 1.48 bits per heavy atom. The van der Waals surface area contributed by atoms with Crippen molar-refractivity contribution in [3.63, 3.8) is 0 Å². The molecule has 0 N–H and O–H groups in total. The molecule has 0 fully saturated rings. The number of carbonyl (C=O) groups is 3. The van der Waals surface area contributed by atoms with Gasteiger partial charge in [-0.15, -0.1) is 0 Å². The summed E-state index contributed by atoms with van der Waals surface area (Å²) in [6.07, 6.45) is -2.01. The lowest BCUT2D eigenvalue weighted by atomic mass is 10.2. The molecule has 0 aromatic heterocycles. The molecule has 1 aromatic carbocycles. The van der Waals surface area contributed by atoms with Gasteiger partial charge in [0.2, 0.25) is 0 Å². The average molecular weight is 351 g/mol. The first-order chi connectivity index (χ1) is 11.6. The molecule has 0 bridgehead atoms. The Balaban J connectivity index is 2.68. The van der Waals surface area contributed by atoms with E-state index in [-0.39, 0.29) is 23.5 Å². The van der Waals surface area contributed by atoms with Crippen molar-refractivity contribution < 1.29 is 28.6 Å². The molecule has 1 rings (SSSR count). The van der Waals surface area contributed by atoms with Gasteiger partial charge in [-0.1, -0.05) is 27.7 Å². The lowest BCUT2D eigenvalue weighted by Crippen LogP contribution is -2.32. The molecular weight excluding hydrogens is 326 g/mol. The molecule has 7 heteroatoms. The van der Waals surface area contributed by atoms with Crippen molar-refractivity contribution >= 4 is 18.0 Å². The van der Waals surface area contributed by atoms with Crippen LogP contribution in [0.3, 0.4) is 0 Å². The summed E-state index contributed by atoms with van der Waals surface area (Å²) in [4.78, 5) is 36.8. The van der Waals surface area contributed by atoms with E-state index >= 15 is 0 Å². The second kappa shape index (κ2) is 9.05. The number of nitrogens with zero attached hydrogens (tertiary/aromatic N) is 1. The summed E-state index contributed by atoms with van der Waals surface area (Å²) in [5.74, 6) is -0.955. The molecule has 1 aromatic rings. The predicted octanol–water partition coefficient (Wildman–Crippen LogP) is 3.09. The van der Waals surface area contributed by atoms with Crippen LogP contribution in [-0.2, 0) is 14.3 Å². The van der Waals surface area contributed by atoms with E-state index in [2.05, 4.69) is 0 Å². The highest BCUT2D eigenvalue weighted by Gasteiger charge is 2.25. The molecule has 25 heavy (non-hydrogen) atoms. The van der Waals surface area contributed by atoms with Crippen LogP contribution < -0.4 is 4.74 Å². The minimum absolute atomic E-state index is 0.158. The number of esters is 1. The molecule has 0 radical (unpaired) electrons. The highest BCUT2D eigenvalue weighted by Crippen LogP contribution is 2.16. The van der Waals surface area contributed by atoms with Crippen molar-refractivity contribution in [2.24, 2.45) is 11.8 Å². The van der Waals surface area contributed by atoms with Crippen LogP contribution in [0.4, 0.5) is 4.79 Å². The number of rotatable bonds is 6. The molecule has 0 aliphatic carbocycles. The van der Waals surface area contributed by atoms with Gasteiger partial charge in [-0.3, -0.25) is 9.59 Å². The Kier molecular flexibility index (Phi) is 7.42. The molecule has 0 saturated carbocycles. The first-order valence-electron chi connectivity index (χ1n) is 8.02. The standard InChI is InChI=1S/C18H25NO6/c1-11(2)16(21)24-17(12(3)4)25-18(22)23-14-9-7-13(8-10-14)15(20)19(5)6/h7-12,17H,1-6H3. The van der Waals surface area contributed by atoms with Crippen LogP contribution in [0, 0.1) is 11.8 Å². The summed E-state index contributed by atoms with van der Waals surface area (Å²) in [5, 5.41) is 0. The molecule has 0 spiro atoms. The quantitative estimate of drug-likeness (QED) is 0.445. The van der Waals surface area contributed by atoms with Crippen LogP contribution >= 0.6 is 0 Å². The van der Waals surface area contributed by atoms with E-state index in [9.17, 15) is 14.4 Å². The van der Waals surface area contributed by atoms with Gasteiger partial charge in [-0.2, -0.15) is 0 Å². The van der Waals surface area contributed by atoms with Gasteiger partial charge in [0, 0.05) is 25.6 Å². The molecule has 138 valence electrons. The Morgan fingerprint density at radius 3 is 1.92 bits per heavy atom. The molecule has 1 atom stereocenters. The molecule has 0 aliphatic heterocycles. The molecule has 0 saturated heterocycles. The van der Waals surface area contributed by atoms with Crippen molar-refractivity contribution in [1.82, 2.24) is 4.90 Å². The maximum Gasteiger partial charge on any atom is 0.516 e. The minimum Gasteiger partial charge on any atom is -0.425 e. The third-order valence-corrected chi connectivity index (χ3v) is 3.17. The van der Waals surface area contributed by atoms with Gasteiger partial charge in [0.15, 0.2) is 0 Å². The smallest absolute Gasteiger partial charge is 0.425 e. The molecule has 1 unspecified atom stereocenters. The number of carbonyl (C=O) groups excluding carboxylic acids is 3. The fourth-order valence-electron chi connectivity index (χ4n) is 1.69. The van der Waals surface area contributed by atoms with Gasteiger partial charge < -0.3 is 19.1 Å². The van der Waals surface area contributed by atoms with Crippen molar-refractivity contribution in [2.75, 3.05) is 14.1 Å². The monoisotopic (exact) mass is 351 g/mol. The van der Waals surface area contributed by atoms with Crippen molar-refractivity contribution in [3.05, 3.63) is 29.8 Å². The topological polar surface area (TPSA) is 82.1 Å². The summed E-state index contributed by atoms with van der Waals surface area (Å²) in [7, 11) is 3.29. The largest absolute Gasteiger partial charge is 0.516 e. The van der Waals surface area contributed by atoms with Gasteiger partial charge in [-0.25, -0.2) is 4.79 Å². The van der Waals surface area contributed by atoms with E-state index in [0.717, 1.165) is 0 Å². The number of amides is 1. The molecule has 1 amide bonds. The zero-order valence-corrected chi connectivity index (χ0v) is 15.4. The number of ether oxygens (including phenoxy) is 3. The van der Waals surface area contributed by atoms with Crippen molar-refractivity contribution in [2.45, 2.75) is 34.0 Å². The van der Waals surface area contributed by atoms with Gasteiger partial charge >= 0.3 is 12.1 Å². The number of benzene rings is 1. The maximum absolute atomic E-state index is 11.9. The van der Waals surface area contributed by atoms with Crippen LogP contribution in [-0.4, -0.2) is 43.3 Å². The second-order valence-electron chi connectivity index (χ2n) is 6.40. The zero-order valence-electron chi connectivity index (χ0n) is 15.4. The van der Waals surface area contributed by atoms with Crippen molar-refractivity contribution in [3.8, 4) is 5.75 Å². The summed E-state index contributed by atoms with van der Waals surface area (Å²) in [5.41, 5.74) is 0.469. The molecule has 7 nitrogen and oxygen atoms in total. The van der Waals surface area contributed by atoms with Crippen LogP contribution in [0.15, 0.2) is 24.3 Å². The van der Waals surface area contributed by atoms with E-state index in [1.807, 2.05) is 0 Å². The van der Waals surface area contributed by atoms with Crippen LogP contribution in [0.1, 0.15) is 38.1 Å². The second-order valence-corrected chi connectivity index (χ2v) is 6.40. The number of hydrogen-bond acceptors (Lipinski definition) is 6. The van der Waals surface area contributed by atoms with E-state index in [1.54, 1.807) is 53.9 Å². The Labute approximate surface area is 147 Å². The maximum atomic E-state index is 11.9. The van der Waals surface area contributed by atoms with Crippen molar-refractivity contribution in [1.29, 1.82) is 0 Å². The predicted molar refractivity (Wildman–Crippen MR) is 91.1 cm³/mol. The lowest BCUT2D eigenvalue weighted by molar-refractivity contribution is -0.180. The third-order valence-electron chi connectivity index (χ3n) is 3.17. The number of hydrogen-bond donors (Lipinski definition) is 0. The van der Waals surface area contributed by atoms with Gasteiger partial charge in [0.1, 0.15) is 5.75 Å². The van der Waals surface area contributed by atoms with E-state index in [0.29, 0.717) is 5.56 Å². The summed E-state index contributed by atoms with van der Waals surface area (Å²) >= 11 is 0.